The van der Waals surface area contributed by atoms with Crippen molar-refractivity contribution in [2.45, 2.75) is 32.0 Å². The summed E-state index contributed by atoms with van der Waals surface area (Å²) >= 11 is 1.70. The Labute approximate surface area is 170 Å². The van der Waals surface area contributed by atoms with Gasteiger partial charge in [-0.2, -0.15) is 0 Å². The van der Waals surface area contributed by atoms with Crippen molar-refractivity contribution in [3.63, 3.8) is 0 Å². The van der Waals surface area contributed by atoms with E-state index < -0.39 is 6.35 Å². The van der Waals surface area contributed by atoms with Crippen molar-refractivity contribution >= 4 is 24.1 Å². The molecule has 9 nitrogen and oxygen atoms in total. The lowest BCUT2D eigenvalue weighted by Crippen LogP contribution is -2.45. The molecule has 10 heteroatoms. The maximum atomic E-state index is 13.1. The summed E-state index contributed by atoms with van der Waals surface area (Å²) < 4.78 is 6.16. The molecule has 2 N–H and O–H groups in total. The number of nitrogens with zero attached hydrogens (tertiary/aromatic N) is 4. The molecule has 2 heterocycles. The molecule has 2 aliphatic heterocycles. The van der Waals surface area contributed by atoms with Gasteiger partial charge in [-0.05, 0) is 25.2 Å². The molecule has 0 aromatic carbocycles. The second kappa shape index (κ2) is 10.0. The number of rotatable bonds is 10. The first-order valence-electron chi connectivity index (χ1n) is 9.34. The third-order valence-electron chi connectivity index (χ3n) is 4.66. The molecule has 2 aliphatic rings. The number of aliphatic hydroxyl groups excluding tert-OH is 1. The fourth-order valence-corrected chi connectivity index (χ4v) is 4.14. The van der Waals surface area contributed by atoms with E-state index in [2.05, 4.69) is 5.32 Å². The largest absolute Gasteiger partial charge is 0.396 e. The first-order valence-corrected chi connectivity index (χ1v) is 10.2. The Hall–Kier alpha value is -1.91. The van der Waals surface area contributed by atoms with Crippen LogP contribution in [0.1, 0.15) is 20.3 Å². The molecule has 0 aromatic rings. The van der Waals surface area contributed by atoms with E-state index in [0.717, 1.165) is 0 Å². The van der Waals surface area contributed by atoms with Gasteiger partial charge < -0.3 is 34.8 Å². The van der Waals surface area contributed by atoms with Gasteiger partial charge in [0.2, 0.25) is 12.8 Å². The smallest absolute Gasteiger partial charge is 0.273 e. The van der Waals surface area contributed by atoms with Gasteiger partial charge in [0, 0.05) is 47.0 Å². The molecule has 2 unspecified atom stereocenters. The van der Waals surface area contributed by atoms with Crippen LogP contribution in [0.2, 0.25) is 0 Å². The van der Waals surface area contributed by atoms with E-state index >= 15 is 0 Å². The predicted molar refractivity (Wildman–Crippen MR) is 108 cm³/mol. The molecule has 0 aliphatic carbocycles. The van der Waals surface area contributed by atoms with Gasteiger partial charge in [0.25, 0.3) is 5.91 Å². The predicted octanol–water partition coefficient (Wildman–Crippen LogP) is 0.176. The minimum absolute atomic E-state index is 0.0143. The Bertz CT molecular complexity index is 641. The molecule has 0 bridgehead atoms. The number of likely N-dealkylation sites (N-methyl/N-ethyl adjacent to an activating group) is 2. The van der Waals surface area contributed by atoms with E-state index in [-0.39, 0.29) is 17.9 Å². The molecule has 28 heavy (non-hydrogen) atoms. The van der Waals surface area contributed by atoms with Gasteiger partial charge in [-0.3, -0.25) is 9.59 Å². The summed E-state index contributed by atoms with van der Waals surface area (Å²) in [5, 5.41) is 12.4. The van der Waals surface area contributed by atoms with E-state index in [1.165, 1.54) is 9.81 Å². The monoisotopic (exact) mass is 413 g/mol. The lowest BCUT2D eigenvalue weighted by Gasteiger charge is -2.32. The topological polar surface area (TPSA) is 88.6 Å². The lowest BCUT2D eigenvalue weighted by molar-refractivity contribution is -0.133. The van der Waals surface area contributed by atoms with Crippen LogP contribution < -0.4 is 5.32 Å². The Kier molecular flexibility index (Phi) is 8.02. The normalized spacial score (nSPS) is 21.7. The van der Waals surface area contributed by atoms with Gasteiger partial charge >= 0.3 is 0 Å². The van der Waals surface area contributed by atoms with Crippen LogP contribution in [-0.2, 0) is 14.3 Å². The third-order valence-corrected chi connectivity index (χ3v) is 5.71. The first kappa shape index (κ1) is 22.4. The molecular weight excluding hydrogens is 382 g/mol. The van der Waals surface area contributed by atoms with Crippen molar-refractivity contribution in [3.8, 4) is 0 Å². The number of ether oxygens (including phenoxy) is 1. The number of hydrogen-bond acceptors (Lipinski definition) is 8. The number of carbonyl (C=O) groups is 2. The Morgan fingerprint density at radius 3 is 2.71 bits per heavy atom. The second-order valence-corrected chi connectivity index (χ2v) is 8.23. The number of thioether (sulfide) groups is 1. The van der Waals surface area contributed by atoms with Gasteiger partial charge in [0.05, 0.1) is 12.0 Å². The summed E-state index contributed by atoms with van der Waals surface area (Å²) in [5.74, 6) is 0.298. The van der Waals surface area contributed by atoms with Crippen LogP contribution in [0, 0.1) is 0 Å². The van der Waals surface area contributed by atoms with Crippen LogP contribution in [0.15, 0.2) is 22.6 Å². The Morgan fingerprint density at radius 1 is 1.46 bits per heavy atom. The summed E-state index contributed by atoms with van der Waals surface area (Å²) in [6, 6.07) is 0. The summed E-state index contributed by atoms with van der Waals surface area (Å²) in [4.78, 5) is 32.5. The maximum absolute atomic E-state index is 13.1. The zero-order valence-electron chi connectivity index (χ0n) is 17.2. The van der Waals surface area contributed by atoms with Gasteiger partial charge in [0.15, 0.2) is 0 Å². The molecule has 158 valence electrons. The van der Waals surface area contributed by atoms with Crippen molar-refractivity contribution in [3.05, 3.63) is 22.6 Å². The summed E-state index contributed by atoms with van der Waals surface area (Å²) in [6.45, 7) is 5.42. The van der Waals surface area contributed by atoms with Gasteiger partial charge in [-0.25, -0.2) is 0 Å². The molecule has 0 saturated heterocycles. The Morgan fingerprint density at radius 2 is 2.18 bits per heavy atom. The van der Waals surface area contributed by atoms with Gasteiger partial charge in [-0.1, -0.05) is 0 Å². The SMILES string of the molecule is CCN1C(C(=O)N(C)CCCO)=C(N(C)C=O)N(C)C1OCC1NC=C(C)S1. The molecule has 0 radical (unpaired) electrons. The van der Waals surface area contributed by atoms with Crippen molar-refractivity contribution in [2.75, 3.05) is 47.4 Å². The average Bonchev–Trinajstić information content (AvgIpc) is 3.23. The number of allylic oxidation sites excluding steroid dienone is 1. The summed E-state index contributed by atoms with van der Waals surface area (Å²) in [7, 11) is 5.13. The van der Waals surface area contributed by atoms with Crippen molar-refractivity contribution in [1.29, 1.82) is 0 Å². The summed E-state index contributed by atoms with van der Waals surface area (Å²) in [5.41, 5.74) is 0.423. The molecule has 0 spiro atoms. The summed E-state index contributed by atoms with van der Waals surface area (Å²) in [6.07, 6.45) is 2.65. The fourth-order valence-electron chi connectivity index (χ4n) is 3.27. The number of nitrogens with one attached hydrogen (secondary N) is 1. The average molecular weight is 414 g/mol. The van der Waals surface area contributed by atoms with E-state index in [4.69, 9.17) is 9.84 Å². The quantitative estimate of drug-likeness (QED) is 0.490. The fraction of sp³-hybridized carbons (Fsp3) is 0.667. The zero-order valence-corrected chi connectivity index (χ0v) is 18.0. The highest BCUT2D eigenvalue weighted by atomic mass is 32.2. The van der Waals surface area contributed by atoms with Crippen LogP contribution in [0.4, 0.5) is 0 Å². The number of hydrogen-bond donors (Lipinski definition) is 2. The minimum Gasteiger partial charge on any atom is -0.396 e. The lowest BCUT2D eigenvalue weighted by atomic mass is 10.3. The van der Waals surface area contributed by atoms with Crippen molar-refractivity contribution in [1.82, 2.24) is 24.9 Å². The molecule has 2 amide bonds. The number of amides is 2. The van der Waals surface area contributed by atoms with E-state index in [1.807, 2.05) is 36.9 Å². The van der Waals surface area contributed by atoms with Crippen LogP contribution in [0.3, 0.4) is 0 Å². The molecule has 0 saturated carbocycles. The molecule has 0 aromatic heterocycles. The van der Waals surface area contributed by atoms with Crippen LogP contribution in [-0.4, -0.2) is 96.2 Å². The number of aliphatic hydroxyl groups is 1. The van der Waals surface area contributed by atoms with Crippen LogP contribution >= 0.6 is 11.8 Å². The van der Waals surface area contributed by atoms with E-state index in [0.29, 0.717) is 44.0 Å². The van der Waals surface area contributed by atoms with Crippen LogP contribution in [0.25, 0.3) is 0 Å². The van der Waals surface area contributed by atoms with Crippen molar-refractivity contribution < 1.29 is 19.4 Å². The highest BCUT2D eigenvalue weighted by molar-refractivity contribution is 8.03. The molecular formula is C18H31N5O4S. The maximum Gasteiger partial charge on any atom is 0.273 e. The Balaban J connectivity index is 2.22. The zero-order chi connectivity index (χ0) is 20.8. The van der Waals surface area contributed by atoms with Gasteiger partial charge in [0.1, 0.15) is 11.5 Å². The van der Waals surface area contributed by atoms with Crippen LogP contribution in [0.5, 0.6) is 0 Å². The van der Waals surface area contributed by atoms with Gasteiger partial charge in [-0.15, -0.1) is 11.8 Å². The highest BCUT2D eigenvalue weighted by Crippen LogP contribution is 2.32. The molecule has 0 fully saturated rings. The van der Waals surface area contributed by atoms with E-state index in [9.17, 15) is 9.59 Å². The third kappa shape index (κ3) is 4.73. The molecule has 2 rings (SSSR count). The standard InChI is InChI=1S/C18H31N5O4S/c1-6-23-15(17(26)20(3)8-7-9-24)16(21(4)12-25)22(5)18(23)27-11-14-19-10-13(2)28-14/h10,12,14,18-19,24H,6-9,11H2,1-5H3. The second-order valence-electron chi connectivity index (χ2n) is 6.78. The molecule has 2 atom stereocenters. The first-order chi connectivity index (χ1) is 13.3. The minimum atomic E-state index is -0.490. The van der Waals surface area contributed by atoms with Crippen molar-refractivity contribution in [2.24, 2.45) is 0 Å². The number of carbonyl (C=O) groups excluding carboxylic acids is 2. The van der Waals surface area contributed by atoms with E-state index in [1.54, 1.807) is 30.8 Å². The highest BCUT2D eigenvalue weighted by Gasteiger charge is 2.42.